The molecule has 142 valence electrons. The number of hydrogen-bond acceptors (Lipinski definition) is 7. The summed E-state index contributed by atoms with van der Waals surface area (Å²) in [6.07, 6.45) is 5.12. The number of sulfonamides is 1. The van der Waals surface area contributed by atoms with Crippen molar-refractivity contribution in [3.8, 4) is 0 Å². The van der Waals surface area contributed by atoms with Crippen LogP contribution in [0.3, 0.4) is 0 Å². The van der Waals surface area contributed by atoms with E-state index in [0.717, 1.165) is 42.6 Å². The highest BCUT2D eigenvalue weighted by atomic mass is 32.2. The molecule has 26 heavy (non-hydrogen) atoms. The quantitative estimate of drug-likeness (QED) is 0.564. The number of aromatic nitrogens is 2. The molecule has 1 heterocycles. The van der Waals surface area contributed by atoms with Gasteiger partial charge in [0.15, 0.2) is 0 Å². The average Bonchev–Trinajstić information content (AvgIpc) is 3.06. The van der Waals surface area contributed by atoms with E-state index in [2.05, 4.69) is 21.8 Å². The van der Waals surface area contributed by atoms with Crippen molar-refractivity contribution in [3.05, 3.63) is 34.8 Å². The maximum absolute atomic E-state index is 12.3. The molecule has 2 aromatic rings. The number of carbonyl (C=O) groups excluding carboxylic acids is 1. The summed E-state index contributed by atoms with van der Waals surface area (Å²) in [6.45, 7) is 1.84. The SMILES string of the molecule is CCCCCCC(=O)Cc1ccc(S(=O)(=O)Nc2nnc(CO)s2)cc1. The molecule has 0 bridgehead atoms. The summed E-state index contributed by atoms with van der Waals surface area (Å²) >= 11 is 0.970. The molecule has 0 spiro atoms. The predicted molar refractivity (Wildman–Crippen MR) is 101 cm³/mol. The number of nitrogens with one attached hydrogen (secondary N) is 1. The van der Waals surface area contributed by atoms with Crippen molar-refractivity contribution in [1.82, 2.24) is 10.2 Å². The second-order valence-corrected chi connectivity index (χ2v) is 8.68. The summed E-state index contributed by atoms with van der Waals surface area (Å²) in [7, 11) is -3.78. The van der Waals surface area contributed by atoms with Crippen LogP contribution in [0.1, 0.15) is 49.6 Å². The first kappa shape index (κ1) is 20.5. The van der Waals surface area contributed by atoms with E-state index in [1.54, 1.807) is 12.1 Å². The Labute approximate surface area is 157 Å². The van der Waals surface area contributed by atoms with Crippen molar-refractivity contribution in [2.45, 2.75) is 57.0 Å². The molecular weight excluding hydrogens is 374 g/mol. The molecule has 0 radical (unpaired) electrons. The maximum atomic E-state index is 12.3. The Bertz CT molecular complexity index is 817. The minimum atomic E-state index is -3.78. The molecule has 0 atom stereocenters. The van der Waals surface area contributed by atoms with E-state index in [0.29, 0.717) is 17.8 Å². The van der Waals surface area contributed by atoms with Crippen LogP contribution in [-0.4, -0.2) is 29.5 Å². The van der Waals surface area contributed by atoms with Gasteiger partial charge in [-0.2, -0.15) is 0 Å². The fourth-order valence-corrected chi connectivity index (χ4v) is 4.21. The second kappa shape index (κ2) is 9.75. The molecule has 1 aromatic carbocycles. The Hall–Kier alpha value is -1.84. The molecule has 0 saturated heterocycles. The molecule has 0 amide bonds. The third-order valence-corrected chi connectivity index (χ3v) is 6.08. The van der Waals surface area contributed by atoms with Crippen molar-refractivity contribution >= 4 is 32.3 Å². The summed E-state index contributed by atoms with van der Waals surface area (Å²) in [4.78, 5) is 12.0. The Morgan fingerprint density at radius 3 is 2.50 bits per heavy atom. The van der Waals surface area contributed by atoms with E-state index < -0.39 is 10.0 Å². The largest absolute Gasteiger partial charge is 0.389 e. The number of ketones is 1. The molecule has 7 nitrogen and oxygen atoms in total. The number of nitrogens with zero attached hydrogens (tertiary/aromatic N) is 2. The smallest absolute Gasteiger partial charge is 0.263 e. The van der Waals surface area contributed by atoms with Gasteiger partial charge in [0.1, 0.15) is 10.8 Å². The standard InChI is InChI=1S/C17H23N3O4S2/c1-2-3-4-5-6-14(22)11-13-7-9-15(10-8-13)26(23,24)20-17-19-18-16(12-21)25-17/h7-10,21H,2-6,11-12H2,1H3,(H,19,20). The zero-order valence-corrected chi connectivity index (χ0v) is 16.3. The first-order valence-corrected chi connectivity index (χ1v) is 10.8. The number of benzene rings is 1. The first-order valence-electron chi connectivity index (χ1n) is 8.51. The van der Waals surface area contributed by atoms with Crippen molar-refractivity contribution in [2.24, 2.45) is 0 Å². The van der Waals surface area contributed by atoms with Gasteiger partial charge in [-0.05, 0) is 24.1 Å². The third kappa shape index (κ3) is 6.15. The van der Waals surface area contributed by atoms with Crippen LogP contribution in [0.2, 0.25) is 0 Å². The minimum Gasteiger partial charge on any atom is -0.389 e. The lowest BCUT2D eigenvalue weighted by Crippen LogP contribution is -2.13. The fourth-order valence-electron chi connectivity index (χ4n) is 2.38. The molecule has 0 unspecified atom stereocenters. The molecule has 0 aliphatic carbocycles. The van der Waals surface area contributed by atoms with Gasteiger partial charge in [0.2, 0.25) is 5.13 Å². The maximum Gasteiger partial charge on any atom is 0.263 e. The van der Waals surface area contributed by atoms with E-state index in [1.807, 2.05) is 0 Å². The van der Waals surface area contributed by atoms with E-state index in [-0.39, 0.29) is 22.4 Å². The Kier molecular flexibility index (Phi) is 7.67. The van der Waals surface area contributed by atoms with Gasteiger partial charge >= 0.3 is 0 Å². The van der Waals surface area contributed by atoms with Gasteiger partial charge in [0.25, 0.3) is 10.0 Å². The second-order valence-electron chi connectivity index (χ2n) is 5.93. The number of Topliss-reactive ketones (excluding diaryl/α,β-unsaturated/α-hetero) is 1. The van der Waals surface area contributed by atoms with Crippen LogP contribution in [0, 0.1) is 0 Å². The van der Waals surface area contributed by atoms with Gasteiger partial charge in [-0.25, -0.2) is 8.42 Å². The van der Waals surface area contributed by atoms with Crippen molar-refractivity contribution in [2.75, 3.05) is 4.72 Å². The molecular formula is C17H23N3O4S2. The first-order chi connectivity index (χ1) is 12.4. The van der Waals surface area contributed by atoms with Crippen molar-refractivity contribution < 1.29 is 18.3 Å². The lowest BCUT2D eigenvalue weighted by Gasteiger charge is -2.06. The molecule has 0 aliphatic heterocycles. The Morgan fingerprint density at radius 2 is 1.88 bits per heavy atom. The normalized spacial score (nSPS) is 11.5. The van der Waals surface area contributed by atoms with Crippen LogP contribution < -0.4 is 4.72 Å². The van der Waals surface area contributed by atoms with Crippen LogP contribution in [0.4, 0.5) is 5.13 Å². The highest BCUT2D eigenvalue weighted by Gasteiger charge is 2.17. The predicted octanol–water partition coefficient (Wildman–Crippen LogP) is 2.91. The molecule has 2 rings (SSSR count). The van der Waals surface area contributed by atoms with E-state index in [1.165, 1.54) is 12.1 Å². The third-order valence-electron chi connectivity index (χ3n) is 3.77. The van der Waals surface area contributed by atoms with Gasteiger partial charge in [-0.3, -0.25) is 9.52 Å². The summed E-state index contributed by atoms with van der Waals surface area (Å²) in [5.41, 5.74) is 0.794. The zero-order valence-electron chi connectivity index (χ0n) is 14.6. The van der Waals surface area contributed by atoms with E-state index >= 15 is 0 Å². The number of aliphatic hydroxyl groups is 1. The summed E-state index contributed by atoms with van der Waals surface area (Å²) < 4.78 is 27.0. The van der Waals surface area contributed by atoms with E-state index in [4.69, 9.17) is 5.11 Å². The van der Waals surface area contributed by atoms with Crippen LogP contribution in [0.25, 0.3) is 0 Å². The Morgan fingerprint density at radius 1 is 1.15 bits per heavy atom. The number of hydrogen-bond donors (Lipinski definition) is 2. The summed E-state index contributed by atoms with van der Waals surface area (Å²) in [5, 5.41) is 16.7. The average molecular weight is 398 g/mol. The lowest BCUT2D eigenvalue weighted by atomic mass is 10.0. The number of anilines is 1. The zero-order chi connectivity index (χ0) is 19.0. The van der Waals surface area contributed by atoms with Crippen LogP contribution >= 0.6 is 11.3 Å². The van der Waals surface area contributed by atoms with Crippen LogP contribution in [0.15, 0.2) is 29.2 Å². The van der Waals surface area contributed by atoms with Gasteiger partial charge in [-0.1, -0.05) is 49.7 Å². The van der Waals surface area contributed by atoms with E-state index in [9.17, 15) is 13.2 Å². The molecule has 0 saturated carbocycles. The van der Waals surface area contributed by atoms with Gasteiger partial charge < -0.3 is 5.11 Å². The summed E-state index contributed by atoms with van der Waals surface area (Å²) in [6, 6.07) is 6.24. The topological polar surface area (TPSA) is 109 Å². The van der Waals surface area contributed by atoms with Crippen LogP contribution in [-0.2, 0) is 27.8 Å². The molecule has 0 aliphatic rings. The van der Waals surface area contributed by atoms with Crippen molar-refractivity contribution in [3.63, 3.8) is 0 Å². The highest BCUT2D eigenvalue weighted by molar-refractivity contribution is 7.93. The van der Waals surface area contributed by atoms with Crippen molar-refractivity contribution in [1.29, 1.82) is 0 Å². The number of carbonyl (C=O) groups is 1. The Balaban J connectivity index is 1.94. The lowest BCUT2D eigenvalue weighted by molar-refractivity contribution is -0.118. The van der Waals surface area contributed by atoms with Gasteiger partial charge in [0, 0.05) is 12.8 Å². The summed E-state index contributed by atoms with van der Waals surface area (Å²) in [5.74, 6) is 0.167. The van der Waals surface area contributed by atoms with Gasteiger partial charge in [-0.15, -0.1) is 10.2 Å². The number of rotatable bonds is 11. The fraction of sp³-hybridized carbons (Fsp3) is 0.471. The minimum absolute atomic E-state index is 0.0809. The molecule has 0 fully saturated rings. The number of aliphatic hydroxyl groups excluding tert-OH is 1. The van der Waals surface area contributed by atoms with Crippen LogP contribution in [0.5, 0.6) is 0 Å². The number of unbranched alkanes of at least 4 members (excludes halogenated alkanes) is 3. The molecule has 9 heteroatoms. The monoisotopic (exact) mass is 397 g/mol. The highest BCUT2D eigenvalue weighted by Crippen LogP contribution is 2.20. The molecule has 1 aromatic heterocycles. The van der Waals surface area contributed by atoms with Gasteiger partial charge in [0.05, 0.1) is 11.5 Å². The molecule has 2 N–H and O–H groups in total.